The fourth-order valence-corrected chi connectivity index (χ4v) is 1.55. The zero-order valence-electron chi connectivity index (χ0n) is 8.98. The van der Waals surface area contributed by atoms with Crippen LogP contribution in [-0.4, -0.2) is 5.84 Å². The van der Waals surface area contributed by atoms with Gasteiger partial charge in [-0.15, -0.1) is 0 Å². The molecule has 1 aromatic rings. The van der Waals surface area contributed by atoms with Crippen LogP contribution in [0.4, 0.5) is 0 Å². The Balaban J connectivity index is 0. The fraction of sp³-hybridized carbons (Fsp3) is 0.300. The predicted molar refractivity (Wildman–Crippen MR) is 52.7 cm³/mol. The van der Waals surface area contributed by atoms with Crippen molar-refractivity contribution in [2.45, 2.75) is 20.4 Å². The molecule has 0 amide bonds. The molecule has 0 saturated carbocycles. The molecule has 1 rings (SSSR count). The summed E-state index contributed by atoms with van der Waals surface area (Å²) in [5.41, 5.74) is 14.0. The minimum atomic E-state index is 0. The van der Waals surface area contributed by atoms with Crippen molar-refractivity contribution in [2.24, 2.45) is 5.73 Å². The van der Waals surface area contributed by atoms with Gasteiger partial charge in [-0.3, -0.25) is 11.1 Å². The number of amidine groups is 1. The van der Waals surface area contributed by atoms with Crippen LogP contribution in [0.1, 0.15) is 22.3 Å². The highest BCUT2D eigenvalue weighted by atomic mass is 35.5. The van der Waals surface area contributed by atoms with Crippen molar-refractivity contribution in [3.8, 4) is 0 Å². The zero-order valence-corrected chi connectivity index (χ0v) is 10.5. The van der Waals surface area contributed by atoms with Crippen molar-refractivity contribution in [3.63, 3.8) is 0 Å². The van der Waals surface area contributed by atoms with Crippen molar-refractivity contribution >= 4 is 5.84 Å². The molecule has 0 atom stereocenters. The van der Waals surface area contributed by atoms with Gasteiger partial charge in [0.2, 0.25) is 0 Å². The summed E-state index contributed by atoms with van der Waals surface area (Å²) >= 11 is 0. The van der Waals surface area contributed by atoms with Gasteiger partial charge in [0.15, 0.2) is 0 Å². The van der Waals surface area contributed by atoms with E-state index >= 15 is 0 Å². The lowest BCUT2D eigenvalue weighted by Gasteiger charge is -2.06. The van der Waals surface area contributed by atoms with Crippen molar-refractivity contribution in [3.05, 3.63) is 34.4 Å². The third-order valence-corrected chi connectivity index (χ3v) is 2.28. The lowest BCUT2D eigenvalue weighted by Crippen LogP contribution is -3.00. The Hall–Kier alpha value is -0.770. The second kappa shape index (κ2) is 6.67. The number of benzene rings is 1. The number of halogens is 2. The fourth-order valence-electron chi connectivity index (χ4n) is 1.55. The standard InChI is InChI=1S/C10H15N3.2ClH/c1-6-3-8(10(12)13)4-7(2)9(6)5-11;;/h3-4H,5,11H2,1-2H3,(H3,12,13);2*1H. The summed E-state index contributed by atoms with van der Waals surface area (Å²) in [6.07, 6.45) is 0. The Kier molecular flexibility index (Phi) is 7.40. The summed E-state index contributed by atoms with van der Waals surface area (Å²) in [6, 6.07) is 4.01. The Morgan fingerprint density at radius 2 is 1.67 bits per heavy atom. The maximum Gasteiger partial charge on any atom is 0.270 e. The number of nitrogens with two attached hydrogens (primary N) is 2. The van der Waals surface area contributed by atoms with E-state index in [1.54, 1.807) is 0 Å². The molecule has 0 heterocycles. The zero-order chi connectivity index (χ0) is 10.0. The highest BCUT2D eigenvalue weighted by Gasteiger charge is 2.08. The molecule has 86 valence electrons. The van der Waals surface area contributed by atoms with Gasteiger partial charge in [0.1, 0.15) is 6.54 Å². The minimum absolute atomic E-state index is 0. The van der Waals surface area contributed by atoms with E-state index in [9.17, 15) is 0 Å². The average molecular weight is 250 g/mol. The largest absolute Gasteiger partial charge is 1.00 e. The Morgan fingerprint density at radius 3 is 1.93 bits per heavy atom. The number of aryl methyl sites for hydroxylation is 2. The van der Waals surface area contributed by atoms with Crippen molar-refractivity contribution in [1.29, 1.82) is 0 Å². The van der Waals surface area contributed by atoms with Crippen LogP contribution in [0.2, 0.25) is 0 Å². The van der Waals surface area contributed by atoms with E-state index in [0.29, 0.717) is 5.84 Å². The summed E-state index contributed by atoms with van der Waals surface area (Å²) in [4.78, 5) is 0. The molecule has 0 saturated heterocycles. The third kappa shape index (κ3) is 3.70. The van der Waals surface area contributed by atoms with Crippen LogP contribution in [0.15, 0.2) is 12.1 Å². The maximum absolute atomic E-state index is 5.52. The first-order valence-electron chi connectivity index (χ1n) is 4.34. The number of rotatable bonds is 2. The number of hydrogen-bond donors (Lipinski definition) is 3. The molecule has 0 radical (unpaired) electrons. The van der Waals surface area contributed by atoms with Crippen molar-refractivity contribution in [2.75, 3.05) is 0 Å². The normalized spacial score (nSPS) is 8.73. The molecule has 0 fully saturated rings. The summed E-state index contributed by atoms with van der Waals surface area (Å²) < 4.78 is 0. The van der Waals surface area contributed by atoms with Gasteiger partial charge < -0.3 is 30.5 Å². The smallest absolute Gasteiger partial charge is 0.270 e. The first-order chi connectivity index (χ1) is 6.06. The monoisotopic (exact) mass is 249 g/mol. The van der Waals surface area contributed by atoms with Crippen LogP contribution in [0.25, 0.3) is 0 Å². The molecule has 0 bridgehead atoms. The number of quaternary nitrogens is 1. The van der Waals surface area contributed by atoms with Gasteiger partial charge in [-0.05, 0) is 37.1 Å². The molecule has 7 N–H and O–H groups in total. The molecular weight excluding hydrogens is 233 g/mol. The van der Waals surface area contributed by atoms with Gasteiger partial charge >= 0.3 is 0 Å². The van der Waals surface area contributed by atoms with Gasteiger partial charge in [0.05, 0.1) is 5.56 Å². The average Bonchev–Trinajstić information content (AvgIpc) is 2.03. The Labute approximate surface area is 103 Å². The van der Waals surface area contributed by atoms with Gasteiger partial charge in [0.25, 0.3) is 5.84 Å². The third-order valence-electron chi connectivity index (χ3n) is 2.28. The maximum atomic E-state index is 5.52. The highest BCUT2D eigenvalue weighted by molar-refractivity contribution is 5.93. The van der Waals surface area contributed by atoms with Crippen LogP contribution in [0, 0.1) is 13.8 Å². The van der Waals surface area contributed by atoms with E-state index in [1.807, 2.05) is 12.1 Å². The molecule has 5 heteroatoms. The molecule has 0 aliphatic heterocycles. The molecule has 0 aliphatic rings. The van der Waals surface area contributed by atoms with Gasteiger partial charge in [-0.1, -0.05) is 0 Å². The first-order valence-corrected chi connectivity index (χ1v) is 4.34. The van der Waals surface area contributed by atoms with E-state index in [1.165, 1.54) is 16.7 Å². The van der Waals surface area contributed by atoms with E-state index in [4.69, 9.17) is 11.1 Å². The van der Waals surface area contributed by atoms with Gasteiger partial charge in [-0.25, -0.2) is 0 Å². The predicted octanol–water partition coefficient (Wildman–Crippen LogP) is -7.48. The molecular formula is C10H17Cl2N3. The quantitative estimate of drug-likeness (QED) is 0.354. The van der Waals surface area contributed by atoms with Crippen LogP contribution in [0.5, 0.6) is 0 Å². The van der Waals surface area contributed by atoms with Crippen LogP contribution in [-0.2, 0) is 6.54 Å². The molecule has 0 aromatic heterocycles. The second-order valence-electron chi connectivity index (χ2n) is 3.29. The Morgan fingerprint density at radius 1 is 1.27 bits per heavy atom. The van der Waals surface area contributed by atoms with E-state index in [-0.39, 0.29) is 24.8 Å². The topological polar surface area (TPSA) is 79.2 Å². The van der Waals surface area contributed by atoms with Crippen LogP contribution >= 0.6 is 0 Å². The lowest BCUT2D eigenvalue weighted by molar-refractivity contribution is -0.386. The number of hydrogen-bond acceptors (Lipinski definition) is 0. The first kappa shape index (κ1) is 16.7. The van der Waals surface area contributed by atoms with Gasteiger partial charge in [0, 0.05) is 5.56 Å². The van der Waals surface area contributed by atoms with Crippen molar-refractivity contribution < 1.29 is 36.0 Å². The molecule has 1 aromatic carbocycles. The summed E-state index contributed by atoms with van der Waals surface area (Å²) in [5.74, 6) is 0.377. The molecule has 0 spiro atoms. The highest BCUT2D eigenvalue weighted by Crippen LogP contribution is 2.14. The van der Waals surface area contributed by atoms with Crippen LogP contribution < -0.4 is 41.7 Å². The minimum Gasteiger partial charge on any atom is -1.00 e. The van der Waals surface area contributed by atoms with Crippen LogP contribution in [0.3, 0.4) is 0 Å². The second-order valence-corrected chi connectivity index (χ2v) is 3.29. The van der Waals surface area contributed by atoms with E-state index in [0.717, 1.165) is 12.1 Å². The van der Waals surface area contributed by atoms with Crippen molar-refractivity contribution in [1.82, 2.24) is 0 Å². The molecule has 3 nitrogen and oxygen atoms in total. The SMILES string of the molecule is Cc1cc(C(N)=[NH2+])cc(C)c1C[NH3+].[Cl-].[Cl-]. The summed E-state index contributed by atoms with van der Waals surface area (Å²) in [5, 5.41) is 5.52. The molecule has 15 heavy (non-hydrogen) atoms. The molecule has 0 unspecified atom stereocenters. The Bertz CT molecular complexity index is 328. The lowest BCUT2D eigenvalue weighted by atomic mass is 9.99. The van der Waals surface area contributed by atoms with E-state index in [2.05, 4.69) is 19.6 Å². The van der Waals surface area contributed by atoms with E-state index < -0.39 is 0 Å². The molecule has 0 aliphatic carbocycles. The van der Waals surface area contributed by atoms with Gasteiger partial charge in [-0.2, -0.15) is 0 Å². The summed E-state index contributed by atoms with van der Waals surface area (Å²) in [6.45, 7) is 4.92. The summed E-state index contributed by atoms with van der Waals surface area (Å²) in [7, 11) is 0.